The number of thiazole rings is 1. The smallest absolute Gasteiger partial charge is 0.321 e. The number of carbonyl (C=O) groups is 2. The molecule has 0 radical (unpaired) electrons. The fraction of sp³-hybridized carbons (Fsp3) is 0.435. The Kier molecular flexibility index (Phi) is 6.46. The summed E-state index contributed by atoms with van der Waals surface area (Å²) in [6, 6.07) is 3.85. The highest BCUT2D eigenvalue weighted by atomic mass is 32.1. The lowest BCUT2D eigenvalue weighted by molar-refractivity contribution is -0.149. The Bertz CT molecular complexity index is 1170. The molecular formula is C23H28N6O3S. The average molecular weight is 469 g/mol. The van der Waals surface area contributed by atoms with Crippen molar-refractivity contribution in [2.45, 2.75) is 40.0 Å². The number of rotatable bonds is 6. The Hall–Kier alpha value is -3.27. The predicted octanol–water partition coefficient (Wildman–Crippen LogP) is 4.15. The minimum Gasteiger partial charge on any atom is -0.481 e. The highest BCUT2D eigenvalue weighted by molar-refractivity contribution is 7.22. The summed E-state index contributed by atoms with van der Waals surface area (Å²) in [5.41, 5.74) is 3.15. The molecule has 10 heteroatoms. The number of nitrogens with one attached hydrogen (secondary N) is 2. The number of urea groups is 1. The maximum absolute atomic E-state index is 11.9. The van der Waals surface area contributed by atoms with Gasteiger partial charge in [0.1, 0.15) is 0 Å². The maximum Gasteiger partial charge on any atom is 0.321 e. The highest BCUT2D eigenvalue weighted by Crippen LogP contribution is 2.35. The van der Waals surface area contributed by atoms with Crippen LogP contribution in [0, 0.1) is 5.41 Å². The van der Waals surface area contributed by atoms with Gasteiger partial charge in [0.2, 0.25) is 5.95 Å². The number of aliphatic carboxylic acids is 1. The third kappa shape index (κ3) is 4.75. The van der Waals surface area contributed by atoms with Crippen molar-refractivity contribution in [2.75, 3.05) is 29.9 Å². The molecule has 0 aliphatic carbocycles. The van der Waals surface area contributed by atoms with Crippen molar-refractivity contribution in [3.63, 3.8) is 0 Å². The summed E-state index contributed by atoms with van der Waals surface area (Å²) in [5.74, 6) is -0.128. The molecule has 1 saturated heterocycles. The van der Waals surface area contributed by atoms with Gasteiger partial charge in [-0.25, -0.2) is 19.7 Å². The fourth-order valence-corrected chi connectivity index (χ4v) is 4.96. The molecule has 1 fully saturated rings. The molecule has 3 aromatic rings. The topological polar surface area (TPSA) is 120 Å². The summed E-state index contributed by atoms with van der Waals surface area (Å²) in [7, 11) is 0. The number of aryl methyl sites for hydroxylation is 1. The lowest BCUT2D eigenvalue weighted by atomic mass is 9.80. The van der Waals surface area contributed by atoms with Gasteiger partial charge in [-0.3, -0.25) is 10.1 Å². The fourth-order valence-electron chi connectivity index (χ4n) is 3.93. The maximum atomic E-state index is 11.9. The van der Waals surface area contributed by atoms with Gasteiger partial charge in [-0.1, -0.05) is 18.3 Å². The summed E-state index contributed by atoms with van der Waals surface area (Å²) in [6.45, 7) is 7.55. The number of carboxylic acid groups (broad SMARTS) is 1. The Morgan fingerprint density at radius 1 is 1.15 bits per heavy atom. The molecule has 0 spiro atoms. The first kappa shape index (κ1) is 22.9. The first-order chi connectivity index (χ1) is 15.8. The normalized spacial score (nSPS) is 15.4. The number of piperidine rings is 1. The second kappa shape index (κ2) is 9.30. The third-order valence-electron chi connectivity index (χ3n) is 6.14. The SMILES string of the molecule is CCNC(=O)Nc1nc2cc(-c3cnc(N4CCC(C)(C(=O)O)CC4)nc3)cc(CC)c2s1. The second-order valence-corrected chi connectivity index (χ2v) is 9.46. The van der Waals surface area contributed by atoms with Crippen molar-refractivity contribution in [2.24, 2.45) is 5.41 Å². The van der Waals surface area contributed by atoms with Crippen LogP contribution in [0.15, 0.2) is 24.5 Å². The van der Waals surface area contributed by atoms with E-state index < -0.39 is 11.4 Å². The number of aromatic nitrogens is 3. The van der Waals surface area contributed by atoms with Crippen LogP contribution >= 0.6 is 11.3 Å². The zero-order chi connectivity index (χ0) is 23.6. The summed E-state index contributed by atoms with van der Waals surface area (Å²) < 4.78 is 1.06. The molecule has 2 aromatic heterocycles. The van der Waals surface area contributed by atoms with Crippen LogP contribution in [-0.4, -0.2) is 51.7 Å². The molecule has 1 aliphatic heterocycles. The lowest BCUT2D eigenvalue weighted by Gasteiger charge is -2.36. The van der Waals surface area contributed by atoms with Gasteiger partial charge < -0.3 is 15.3 Å². The van der Waals surface area contributed by atoms with Gasteiger partial charge in [0, 0.05) is 37.6 Å². The Balaban J connectivity index is 1.55. The molecule has 9 nitrogen and oxygen atoms in total. The van der Waals surface area contributed by atoms with Crippen LogP contribution < -0.4 is 15.5 Å². The average Bonchev–Trinajstić information content (AvgIpc) is 3.21. The molecule has 0 saturated carbocycles. The zero-order valence-electron chi connectivity index (χ0n) is 19.0. The van der Waals surface area contributed by atoms with Gasteiger partial charge >= 0.3 is 12.0 Å². The first-order valence-electron chi connectivity index (χ1n) is 11.1. The molecule has 1 aliphatic rings. The van der Waals surface area contributed by atoms with E-state index in [1.807, 2.05) is 17.9 Å². The molecule has 33 heavy (non-hydrogen) atoms. The number of hydrogen-bond donors (Lipinski definition) is 3. The first-order valence-corrected chi connectivity index (χ1v) is 11.9. The minimum atomic E-state index is -0.744. The van der Waals surface area contributed by atoms with E-state index in [4.69, 9.17) is 0 Å². The van der Waals surface area contributed by atoms with E-state index in [2.05, 4.69) is 38.6 Å². The molecule has 0 unspecified atom stereocenters. The Labute approximate surface area is 196 Å². The van der Waals surface area contributed by atoms with Gasteiger partial charge in [-0.15, -0.1) is 0 Å². The van der Waals surface area contributed by atoms with E-state index in [-0.39, 0.29) is 6.03 Å². The summed E-state index contributed by atoms with van der Waals surface area (Å²) >= 11 is 1.47. The standard InChI is InChI=1S/C23H28N6O3S/c1-4-14-10-15(11-17-18(14)33-22(27-17)28-21(32)24-5-2)16-12-25-20(26-13-16)29-8-6-23(3,7-9-29)19(30)31/h10-13H,4-9H2,1-3H3,(H,30,31)(H2,24,27,28,32). The van der Waals surface area contributed by atoms with E-state index in [1.165, 1.54) is 11.3 Å². The number of amides is 2. The van der Waals surface area contributed by atoms with Crippen molar-refractivity contribution in [3.8, 4) is 11.1 Å². The van der Waals surface area contributed by atoms with Gasteiger partial charge in [0.05, 0.1) is 15.6 Å². The summed E-state index contributed by atoms with van der Waals surface area (Å²) in [5, 5.41) is 15.5. The van der Waals surface area contributed by atoms with Crippen LogP contribution in [0.25, 0.3) is 21.3 Å². The summed E-state index contributed by atoms with van der Waals surface area (Å²) in [4.78, 5) is 39.1. The predicted molar refractivity (Wildman–Crippen MR) is 130 cm³/mol. The Morgan fingerprint density at radius 3 is 2.45 bits per heavy atom. The van der Waals surface area contributed by atoms with E-state index in [9.17, 15) is 14.7 Å². The van der Waals surface area contributed by atoms with Crippen LogP contribution in [-0.2, 0) is 11.2 Å². The molecule has 3 N–H and O–H groups in total. The van der Waals surface area contributed by atoms with Crippen LogP contribution in [0.3, 0.4) is 0 Å². The van der Waals surface area contributed by atoms with Crippen molar-refractivity contribution in [1.82, 2.24) is 20.3 Å². The number of benzene rings is 1. The minimum absolute atomic E-state index is 0.264. The van der Waals surface area contributed by atoms with Gasteiger partial charge in [-0.2, -0.15) is 0 Å². The number of carbonyl (C=O) groups excluding carboxylic acids is 1. The van der Waals surface area contributed by atoms with Crippen LogP contribution in [0.4, 0.5) is 15.9 Å². The largest absolute Gasteiger partial charge is 0.481 e. The molecule has 3 heterocycles. The number of carboxylic acids is 1. The lowest BCUT2D eigenvalue weighted by Crippen LogP contribution is -2.43. The molecular weight excluding hydrogens is 440 g/mol. The molecule has 0 atom stereocenters. The van der Waals surface area contributed by atoms with Gasteiger partial charge in [0.25, 0.3) is 0 Å². The summed E-state index contributed by atoms with van der Waals surface area (Å²) in [6.07, 6.45) is 5.57. The molecule has 0 bridgehead atoms. The number of anilines is 2. The zero-order valence-corrected chi connectivity index (χ0v) is 19.8. The van der Waals surface area contributed by atoms with Gasteiger partial charge in [-0.05, 0) is 56.4 Å². The number of hydrogen-bond acceptors (Lipinski definition) is 7. The van der Waals surface area contributed by atoms with E-state index in [0.29, 0.717) is 43.6 Å². The highest BCUT2D eigenvalue weighted by Gasteiger charge is 2.37. The molecule has 4 rings (SSSR count). The molecule has 174 valence electrons. The van der Waals surface area contributed by atoms with Crippen molar-refractivity contribution < 1.29 is 14.7 Å². The molecule has 2 amide bonds. The van der Waals surface area contributed by atoms with Crippen molar-refractivity contribution in [1.29, 1.82) is 0 Å². The van der Waals surface area contributed by atoms with E-state index >= 15 is 0 Å². The quantitative estimate of drug-likeness (QED) is 0.497. The van der Waals surface area contributed by atoms with Crippen LogP contribution in [0.1, 0.15) is 39.2 Å². The number of fused-ring (bicyclic) bond motifs is 1. The van der Waals surface area contributed by atoms with Crippen LogP contribution in [0.2, 0.25) is 0 Å². The third-order valence-corrected chi connectivity index (χ3v) is 7.21. The monoisotopic (exact) mass is 468 g/mol. The van der Waals surface area contributed by atoms with Gasteiger partial charge in [0.15, 0.2) is 5.13 Å². The number of nitrogens with zero attached hydrogens (tertiary/aromatic N) is 4. The molecule has 1 aromatic carbocycles. The van der Waals surface area contributed by atoms with Crippen molar-refractivity contribution in [3.05, 3.63) is 30.1 Å². The second-order valence-electron chi connectivity index (χ2n) is 8.47. The van der Waals surface area contributed by atoms with E-state index in [0.717, 1.165) is 33.3 Å². The van der Waals surface area contributed by atoms with Crippen molar-refractivity contribution >= 4 is 44.6 Å². The van der Waals surface area contributed by atoms with Crippen LogP contribution in [0.5, 0.6) is 0 Å². The van der Waals surface area contributed by atoms with E-state index in [1.54, 1.807) is 19.3 Å². The Morgan fingerprint density at radius 2 is 1.85 bits per heavy atom.